The molecule has 1 saturated carbocycles. The van der Waals surface area contributed by atoms with Crippen LogP contribution in [0.3, 0.4) is 0 Å². The molecule has 1 aliphatic carbocycles. The highest BCUT2D eigenvalue weighted by Gasteiger charge is 2.15. The van der Waals surface area contributed by atoms with E-state index in [2.05, 4.69) is 47.0 Å². The second kappa shape index (κ2) is 8.00. The highest BCUT2D eigenvalue weighted by Crippen LogP contribution is 2.20. The number of hydrogen-bond donors (Lipinski definition) is 2. The fourth-order valence-electron chi connectivity index (χ4n) is 2.46. The number of thiocarbonyl (C=S) groups is 1. The fourth-order valence-corrected chi connectivity index (χ4v) is 2.61. The number of nitrogens with zero attached hydrogens (tertiary/aromatic N) is 1. The Balaban J connectivity index is 1.69. The van der Waals surface area contributed by atoms with Gasteiger partial charge in [0, 0.05) is 12.3 Å². The minimum absolute atomic E-state index is 0.586. The average Bonchev–Trinajstić information content (AvgIpc) is 2.47. The van der Waals surface area contributed by atoms with Gasteiger partial charge in [-0.05, 0) is 49.4 Å². The molecular weight excluding hydrogens is 266 g/mol. The Bertz CT molecular complexity index is 456. The number of benzene rings is 1. The van der Waals surface area contributed by atoms with E-state index >= 15 is 0 Å². The molecule has 0 amide bonds. The summed E-state index contributed by atoms with van der Waals surface area (Å²) in [6, 6.07) is 10.4. The third kappa shape index (κ3) is 4.93. The van der Waals surface area contributed by atoms with E-state index in [4.69, 9.17) is 12.2 Å². The normalized spacial score (nSPS) is 20.6. The monoisotopic (exact) mass is 289 g/mol. The molecule has 0 radical (unpaired) electrons. The molecule has 0 heterocycles. The van der Waals surface area contributed by atoms with Crippen molar-refractivity contribution in [3.63, 3.8) is 0 Å². The van der Waals surface area contributed by atoms with Crippen molar-refractivity contribution in [2.45, 2.75) is 39.0 Å². The van der Waals surface area contributed by atoms with Crippen LogP contribution in [0.4, 0.5) is 0 Å². The van der Waals surface area contributed by atoms with Crippen molar-refractivity contribution >= 4 is 23.0 Å². The molecule has 1 fully saturated rings. The first kappa shape index (κ1) is 15.0. The van der Waals surface area contributed by atoms with Gasteiger partial charge in [-0.1, -0.05) is 43.7 Å². The first-order valence-corrected chi connectivity index (χ1v) is 7.81. The molecule has 0 saturated heterocycles. The van der Waals surface area contributed by atoms with Crippen LogP contribution in [0.2, 0.25) is 0 Å². The molecule has 108 valence electrons. The summed E-state index contributed by atoms with van der Waals surface area (Å²) in [6.07, 6.45) is 5.88. The summed E-state index contributed by atoms with van der Waals surface area (Å²) in [7, 11) is 0. The Morgan fingerprint density at radius 3 is 2.85 bits per heavy atom. The minimum atomic E-state index is 0.586. The van der Waals surface area contributed by atoms with Gasteiger partial charge < -0.3 is 5.32 Å². The van der Waals surface area contributed by atoms with Crippen LogP contribution in [0.15, 0.2) is 35.4 Å². The quantitative estimate of drug-likeness (QED) is 0.660. The zero-order valence-corrected chi connectivity index (χ0v) is 12.9. The Kier molecular flexibility index (Phi) is 5.99. The zero-order valence-electron chi connectivity index (χ0n) is 12.1. The van der Waals surface area contributed by atoms with Gasteiger partial charge in [0.1, 0.15) is 0 Å². The molecule has 1 aliphatic rings. The fraction of sp³-hybridized carbons (Fsp3) is 0.500. The largest absolute Gasteiger partial charge is 0.361 e. The highest BCUT2D eigenvalue weighted by molar-refractivity contribution is 7.80. The van der Waals surface area contributed by atoms with Gasteiger partial charge >= 0.3 is 0 Å². The average molecular weight is 289 g/mol. The van der Waals surface area contributed by atoms with Crippen LogP contribution >= 0.6 is 12.2 Å². The van der Waals surface area contributed by atoms with Crippen LogP contribution in [0.5, 0.6) is 0 Å². The zero-order chi connectivity index (χ0) is 14.2. The highest BCUT2D eigenvalue weighted by atomic mass is 32.1. The van der Waals surface area contributed by atoms with Gasteiger partial charge in [-0.15, -0.1) is 0 Å². The van der Waals surface area contributed by atoms with Crippen molar-refractivity contribution in [3.05, 3.63) is 35.9 Å². The van der Waals surface area contributed by atoms with E-state index in [0.29, 0.717) is 11.0 Å². The molecule has 0 unspecified atom stereocenters. The van der Waals surface area contributed by atoms with Gasteiger partial charge in [0.05, 0.1) is 0 Å². The van der Waals surface area contributed by atoms with Crippen molar-refractivity contribution in [2.75, 3.05) is 6.54 Å². The first-order chi connectivity index (χ1) is 9.75. The number of hydrazone groups is 1. The van der Waals surface area contributed by atoms with Crippen LogP contribution in [-0.2, 0) is 6.42 Å². The van der Waals surface area contributed by atoms with Crippen LogP contribution in [0.25, 0.3) is 0 Å². The van der Waals surface area contributed by atoms with Gasteiger partial charge in [-0.3, -0.25) is 5.43 Å². The molecule has 0 spiro atoms. The summed E-state index contributed by atoms with van der Waals surface area (Å²) in [4.78, 5) is 0. The maximum absolute atomic E-state index is 5.25. The van der Waals surface area contributed by atoms with Crippen LogP contribution in [0.1, 0.15) is 38.2 Å². The maximum Gasteiger partial charge on any atom is 0.186 e. The van der Waals surface area contributed by atoms with Gasteiger partial charge in [0.15, 0.2) is 5.11 Å². The Morgan fingerprint density at radius 2 is 2.10 bits per heavy atom. The van der Waals surface area contributed by atoms with Crippen molar-refractivity contribution in [3.8, 4) is 0 Å². The number of hydrogen-bond acceptors (Lipinski definition) is 2. The van der Waals surface area contributed by atoms with Crippen molar-refractivity contribution < 1.29 is 0 Å². The smallest absolute Gasteiger partial charge is 0.186 e. The van der Waals surface area contributed by atoms with E-state index in [9.17, 15) is 0 Å². The van der Waals surface area contributed by atoms with Crippen LogP contribution in [-0.4, -0.2) is 17.4 Å². The van der Waals surface area contributed by atoms with E-state index in [-0.39, 0.29) is 0 Å². The lowest BCUT2D eigenvalue weighted by atomic mass is 9.89. The van der Waals surface area contributed by atoms with Crippen LogP contribution < -0.4 is 10.7 Å². The topological polar surface area (TPSA) is 36.4 Å². The lowest BCUT2D eigenvalue weighted by Crippen LogP contribution is -2.34. The molecule has 0 bridgehead atoms. The molecule has 2 rings (SSSR count). The van der Waals surface area contributed by atoms with Crippen molar-refractivity contribution in [1.82, 2.24) is 10.7 Å². The molecule has 1 aromatic rings. The Hall–Kier alpha value is -1.42. The van der Waals surface area contributed by atoms with E-state index in [1.807, 2.05) is 6.07 Å². The molecule has 1 aromatic carbocycles. The van der Waals surface area contributed by atoms with Crippen LogP contribution in [0, 0.1) is 5.92 Å². The predicted octanol–water partition coefficient (Wildman–Crippen LogP) is 3.26. The standard InChI is InChI=1S/C16H23N3S/c1-13-7-5-6-10-15(13)18-19-16(20)17-12-11-14-8-3-2-4-9-14/h2-4,8-9,13H,5-7,10-12H2,1H3,(H2,17,19,20)/b18-15-/t13-/m0/s1. The lowest BCUT2D eigenvalue weighted by Gasteiger charge is -2.20. The minimum Gasteiger partial charge on any atom is -0.361 e. The van der Waals surface area contributed by atoms with E-state index in [1.165, 1.54) is 30.5 Å². The summed E-state index contributed by atoms with van der Waals surface area (Å²) < 4.78 is 0. The number of nitrogens with one attached hydrogen (secondary N) is 2. The molecule has 2 N–H and O–H groups in total. The molecular formula is C16H23N3S. The van der Waals surface area contributed by atoms with E-state index in [0.717, 1.165) is 19.4 Å². The molecule has 4 heteroatoms. The van der Waals surface area contributed by atoms with Gasteiger partial charge in [-0.2, -0.15) is 5.10 Å². The van der Waals surface area contributed by atoms with Gasteiger partial charge in [0.25, 0.3) is 0 Å². The summed E-state index contributed by atoms with van der Waals surface area (Å²) in [6.45, 7) is 3.07. The van der Waals surface area contributed by atoms with E-state index < -0.39 is 0 Å². The summed E-state index contributed by atoms with van der Waals surface area (Å²) in [5.41, 5.74) is 5.55. The number of rotatable bonds is 4. The molecule has 20 heavy (non-hydrogen) atoms. The van der Waals surface area contributed by atoms with Crippen molar-refractivity contribution in [1.29, 1.82) is 0 Å². The second-order valence-electron chi connectivity index (χ2n) is 5.35. The Morgan fingerprint density at radius 1 is 1.30 bits per heavy atom. The predicted molar refractivity (Wildman–Crippen MR) is 88.9 cm³/mol. The summed E-state index contributed by atoms with van der Waals surface area (Å²) in [5.74, 6) is 0.586. The van der Waals surface area contributed by atoms with Gasteiger partial charge in [0.2, 0.25) is 0 Å². The van der Waals surface area contributed by atoms with Crippen molar-refractivity contribution in [2.24, 2.45) is 11.0 Å². The van der Waals surface area contributed by atoms with Gasteiger partial charge in [-0.25, -0.2) is 0 Å². The first-order valence-electron chi connectivity index (χ1n) is 7.40. The Labute approximate surface area is 126 Å². The SMILES string of the molecule is C[C@H]1CCCC/C1=N/NC(=S)NCCc1ccccc1. The van der Waals surface area contributed by atoms with E-state index in [1.54, 1.807) is 0 Å². The third-order valence-corrected chi connectivity index (χ3v) is 3.97. The maximum atomic E-state index is 5.25. The lowest BCUT2D eigenvalue weighted by molar-refractivity contribution is 0.555. The second-order valence-corrected chi connectivity index (χ2v) is 5.76. The molecule has 0 aliphatic heterocycles. The molecule has 3 nitrogen and oxygen atoms in total. The summed E-state index contributed by atoms with van der Waals surface area (Å²) >= 11 is 5.25. The molecule has 0 aromatic heterocycles. The third-order valence-electron chi connectivity index (χ3n) is 3.73. The summed E-state index contributed by atoms with van der Waals surface area (Å²) in [5, 5.41) is 8.27. The molecule has 1 atom stereocenters.